The molecule has 0 spiro atoms. The summed E-state index contributed by atoms with van der Waals surface area (Å²) in [5.74, 6) is 0. The van der Waals surface area contributed by atoms with E-state index in [4.69, 9.17) is 16.4 Å². The highest BCUT2D eigenvalue weighted by Gasteiger charge is 1.99. The molecule has 0 unspecified atom stereocenters. The Morgan fingerprint density at radius 2 is 1.62 bits per heavy atom. The summed E-state index contributed by atoms with van der Waals surface area (Å²) < 4.78 is 2.10. The largest absolute Gasteiger partial charge is 0.324 e. The van der Waals surface area contributed by atoms with E-state index in [1.54, 1.807) is 0 Å². The number of nitrogens with one attached hydrogen (secondary N) is 1. The SMILES string of the molecule is Clc1ccccc1CCONCCc1ccc(-n2cccc2)cc1. The fourth-order valence-electron chi connectivity index (χ4n) is 2.54. The lowest BCUT2D eigenvalue weighted by Gasteiger charge is -2.08. The highest BCUT2D eigenvalue weighted by Crippen LogP contribution is 2.15. The quantitative estimate of drug-likeness (QED) is 0.484. The van der Waals surface area contributed by atoms with Gasteiger partial charge in [-0.2, -0.15) is 0 Å². The number of benzene rings is 2. The summed E-state index contributed by atoms with van der Waals surface area (Å²) in [5.41, 5.74) is 6.59. The Morgan fingerprint density at radius 1 is 0.875 bits per heavy atom. The molecule has 0 aliphatic carbocycles. The van der Waals surface area contributed by atoms with Crippen molar-refractivity contribution in [1.82, 2.24) is 10.0 Å². The van der Waals surface area contributed by atoms with Crippen LogP contribution in [0.4, 0.5) is 0 Å². The van der Waals surface area contributed by atoms with Gasteiger partial charge in [0.15, 0.2) is 0 Å². The zero-order valence-electron chi connectivity index (χ0n) is 13.5. The second-order valence-corrected chi connectivity index (χ2v) is 6.00. The molecule has 3 aromatic rings. The van der Waals surface area contributed by atoms with E-state index in [2.05, 4.69) is 34.3 Å². The van der Waals surface area contributed by atoms with Gasteiger partial charge in [-0.05, 0) is 54.3 Å². The van der Waals surface area contributed by atoms with Crippen LogP contribution in [-0.4, -0.2) is 17.7 Å². The summed E-state index contributed by atoms with van der Waals surface area (Å²) in [6.07, 6.45) is 5.82. The minimum absolute atomic E-state index is 0.607. The normalized spacial score (nSPS) is 10.9. The molecule has 0 amide bonds. The fraction of sp³-hybridized carbons (Fsp3) is 0.200. The lowest BCUT2D eigenvalue weighted by atomic mass is 10.1. The third-order valence-corrected chi connectivity index (χ3v) is 4.26. The Bertz CT molecular complexity index is 739. The van der Waals surface area contributed by atoms with Gasteiger partial charge in [-0.1, -0.05) is 41.9 Å². The number of halogens is 1. The van der Waals surface area contributed by atoms with E-state index < -0.39 is 0 Å². The average molecular weight is 341 g/mol. The van der Waals surface area contributed by atoms with Crippen LogP contribution in [-0.2, 0) is 17.7 Å². The molecule has 0 bridgehead atoms. The molecule has 1 N–H and O–H groups in total. The first-order valence-corrected chi connectivity index (χ1v) is 8.51. The molecule has 0 aliphatic rings. The van der Waals surface area contributed by atoms with Gasteiger partial charge >= 0.3 is 0 Å². The number of aromatic nitrogens is 1. The van der Waals surface area contributed by atoms with Crippen LogP contribution in [0.1, 0.15) is 11.1 Å². The molecule has 0 fully saturated rings. The number of hydrogen-bond acceptors (Lipinski definition) is 2. The van der Waals surface area contributed by atoms with Gasteiger partial charge in [0.25, 0.3) is 0 Å². The molecule has 4 heteroatoms. The maximum Gasteiger partial charge on any atom is 0.0723 e. The van der Waals surface area contributed by atoms with E-state index in [1.807, 2.05) is 48.8 Å². The monoisotopic (exact) mass is 340 g/mol. The van der Waals surface area contributed by atoms with E-state index in [0.29, 0.717) is 6.61 Å². The van der Waals surface area contributed by atoms with Crippen LogP contribution in [0.3, 0.4) is 0 Å². The van der Waals surface area contributed by atoms with Crippen molar-refractivity contribution in [2.75, 3.05) is 13.2 Å². The van der Waals surface area contributed by atoms with Gasteiger partial charge in [-0.3, -0.25) is 0 Å². The third-order valence-electron chi connectivity index (χ3n) is 3.89. The topological polar surface area (TPSA) is 26.2 Å². The molecular weight excluding hydrogens is 320 g/mol. The molecular formula is C20H21ClN2O. The summed E-state index contributed by atoms with van der Waals surface area (Å²) in [6, 6.07) is 20.5. The van der Waals surface area contributed by atoms with Crippen LogP contribution in [0.2, 0.25) is 5.02 Å². The van der Waals surface area contributed by atoms with Gasteiger partial charge < -0.3 is 9.40 Å². The highest BCUT2D eigenvalue weighted by molar-refractivity contribution is 6.31. The molecule has 0 radical (unpaired) electrons. The van der Waals surface area contributed by atoms with E-state index >= 15 is 0 Å². The maximum absolute atomic E-state index is 6.12. The zero-order chi connectivity index (χ0) is 16.6. The highest BCUT2D eigenvalue weighted by atomic mass is 35.5. The second-order valence-electron chi connectivity index (χ2n) is 5.59. The van der Waals surface area contributed by atoms with Crippen molar-refractivity contribution >= 4 is 11.6 Å². The minimum atomic E-state index is 0.607. The predicted molar refractivity (Wildman–Crippen MR) is 98.6 cm³/mol. The number of nitrogens with zero attached hydrogens (tertiary/aromatic N) is 1. The van der Waals surface area contributed by atoms with Gasteiger partial charge in [-0.15, -0.1) is 0 Å². The van der Waals surface area contributed by atoms with Gasteiger partial charge in [-0.25, -0.2) is 5.48 Å². The second kappa shape index (κ2) is 8.69. The minimum Gasteiger partial charge on any atom is -0.324 e. The Kier molecular flexibility index (Phi) is 6.07. The zero-order valence-corrected chi connectivity index (χ0v) is 14.2. The fourth-order valence-corrected chi connectivity index (χ4v) is 2.77. The summed E-state index contributed by atoms with van der Waals surface area (Å²) in [7, 11) is 0. The van der Waals surface area contributed by atoms with Crippen LogP contribution in [0.5, 0.6) is 0 Å². The van der Waals surface area contributed by atoms with E-state index in [-0.39, 0.29) is 0 Å². The van der Waals surface area contributed by atoms with Crippen molar-refractivity contribution in [1.29, 1.82) is 0 Å². The van der Waals surface area contributed by atoms with Crippen molar-refractivity contribution < 1.29 is 4.84 Å². The van der Waals surface area contributed by atoms with Crippen LogP contribution in [0.15, 0.2) is 73.1 Å². The molecule has 124 valence electrons. The Hall–Kier alpha value is -2.07. The van der Waals surface area contributed by atoms with Crippen molar-refractivity contribution in [3.05, 3.63) is 89.2 Å². The summed E-state index contributed by atoms with van der Waals surface area (Å²) in [6.45, 7) is 1.39. The average Bonchev–Trinajstić information content (AvgIpc) is 3.14. The van der Waals surface area contributed by atoms with Gasteiger partial charge in [0, 0.05) is 29.6 Å². The first-order valence-electron chi connectivity index (χ1n) is 8.13. The van der Waals surface area contributed by atoms with Crippen LogP contribution in [0.25, 0.3) is 5.69 Å². The molecule has 2 aromatic carbocycles. The maximum atomic E-state index is 6.12. The standard InChI is InChI=1S/C20H21ClN2O/c21-20-6-2-1-5-18(20)12-16-24-22-13-11-17-7-9-19(10-8-17)23-14-3-4-15-23/h1-10,14-15,22H,11-13,16H2. The summed E-state index contributed by atoms with van der Waals surface area (Å²) in [4.78, 5) is 5.48. The Labute approximate surface area is 147 Å². The summed E-state index contributed by atoms with van der Waals surface area (Å²) in [5, 5.41) is 0.795. The lowest BCUT2D eigenvalue weighted by molar-refractivity contribution is 0.0442. The molecule has 1 heterocycles. The molecule has 3 rings (SSSR count). The van der Waals surface area contributed by atoms with Gasteiger partial charge in [0.2, 0.25) is 0 Å². The third kappa shape index (κ3) is 4.71. The van der Waals surface area contributed by atoms with E-state index in [0.717, 1.165) is 30.0 Å². The smallest absolute Gasteiger partial charge is 0.0723 e. The summed E-state index contributed by atoms with van der Waals surface area (Å²) >= 11 is 6.12. The van der Waals surface area contributed by atoms with Crippen LogP contribution < -0.4 is 5.48 Å². The number of rotatable bonds is 8. The van der Waals surface area contributed by atoms with Crippen molar-refractivity contribution in [2.45, 2.75) is 12.8 Å². The van der Waals surface area contributed by atoms with Gasteiger partial charge in [0.1, 0.15) is 0 Å². The Balaban J connectivity index is 1.35. The van der Waals surface area contributed by atoms with Crippen molar-refractivity contribution in [3.8, 4) is 5.69 Å². The van der Waals surface area contributed by atoms with Crippen LogP contribution >= 0.6 is 11.6 Å². The van der Waals surface area contributed by atoms with Crippen molar-refractivity contribution in [3.63, 3.8) is 0 Å². The predicted octanol–water partition coefficient (Wildman–Crippen LogP) is 4.44. The molecule has 0 atom stereocenters. The number of hydrogen-bond donors (Lipinski definition) is 1. The van der Waals surface area contributed by atoms with Gasteiger partial charge in [0.05, 0.1) is 6.61 Å². The Morgan fingerprint density at radius 3 is 2.38 bits per heavy atom. The first kappa shape index (κ1) is 16.8. The van der Waals surface area contributed by atoms with E-state index in [9.17, 15) is 0 Å². The molecule has 1 aromatic heterocycles. The molecule has 0 aliphatic heterocycles. The molecule has 0 saturated carbocycles. The van der Waals surface area contributed by atoms with E-state index in [1.165, 1.54) is 11.3 Å². The molecule has 0 saturated heterocycles. The molecule has 24 heavy (non-hydrogen) atoms. The lowest BCUT2D eigenvalue weighted by Crippen LogP contribution is -2.19. The van der Waals surface area contributed by atoms with Crippen molar-refractivity contribution in [2.24, 2.45) is 0 Å². The van der Waals surface area contributed by atoms with Crippen LogP contribution in [0, 0.1) is 0 Å². The first-order chi connectivity index (χ1) is 11.8. The number of hydroxylamine groups is 1. The molecule has 3 nitrogen and oxygen atoms in total.